The maximum atomic E-state index is 12.5. The Balaban J connectivity index is 1.84. The Bertz CT molecular complexity index is 548. The number of hydrogen-bond acceptors (Lipinski definition) is 3. The van der Waals surface area contributed by atoms with Crippen molar-refractivity contribution in [2.24, 2.45) is 5.92 Å². The monoisotopic (exact) mass is 331 g/mol. The second-order valence-electron chi connectivity index (χ2n) is 6.78. The highest BCUT2D eigenvalue weighted by atomic mass is 16.2. The zero-order valence-corrected chi connectivity index (χ0v) is 15.0. The average molecular weight is 331 g/mol. The highest BCUT2D eigenvalue weighted by molar-refractivity contribution is 5.94. The summed E-state index contributed by atoms with van der Waals surface area (Å²) in [7, 11) is 0. The van der Waals surface area contributed by atoms with Crippen LogP contribution in [0.5, 0.6) is 0 Å². The SMILES string of the molecule is CCC(C)NC(=O)CNc1ccc(C(=O)N2CCC(C)CC2)cc1. The molecule has 1 aliphatic heterocycles. The fraction of sp³-hybridized carbons (Fsp3) is 0.579. The molecule has 2 N–H and O–H groups in total. The Kier molecular flexibility index (Phi) is 6.64. The van der Waals surface area contributed by atoms with Crippen molar-refractivity contribution in [1.29, 1.82) is 0 Å². The van der Waals surface area contributed by atoms with Crippen LogP contribution in [0, 0.1) is 5.92 Å². The molecule has 1 fully saturated rings. The average Bonchev–Trinajstić information content (AvgIpc) is 2.60. The van der Waals surface area contributed by atoms with Gasteiger partial charge in [0.15, 0.2) is 0 Å². The first kappa shape index (κ1) is 18.3. The van der Waals surface area contributed by atoms with Crippen LogP contribution < -0.4 is 10.6 Å². The lowest BCUT2D eigenvalue weighted by molar-refractivity contribution is -0.120. The van der Waals surface area contributed by atoms with Gasteiger partial charge in [0.25, 0.3) is 5.91 Å². The lowest BCUT2D eigenvalue weighted by Crippen LogP contribution is -2.37. The number of carbonyl (C=O) groups excluding carboxylic acids is 2. The van der Waals surface area contributed by atoms with Crippen molar-refractivity contribution in [2.45, 2.75) is 46.1 Å². The molecule has 2 amide bonds. The Morgan fingerprint density at radius 3 is 2.42 bits per heavy atom. The van der Waals surface area contributed by atoms with E-state index in [-0.39, 0.29) is 24.4 Å². The summed E-state index contributed by atoms with van der Waals surface area (Å²) in [6, 6.07) is 7.56. The normalized spacial score (nSPS) is 16.5. The number of carbonyl (C=O) groups is 2. The molecule has 1 saturated heterocycles. The van der Waals surface area contributed by atoms with E-state index in [4.69, 9.17) is 0 Å². The molecule has 1 heterocycles. The van der Waals surface area contributed by atoms with Gasteiger partial charge in [-0.05, 0) is 56.4 Å². The van der Waals surface area contributed by atoms with Crippen LogP contribution in [0.15, 0.2) is 24.3 Å². The van der Waals surface area contributed by atoms with E-state index in [1.54, 1.807) is 0 Å². The lowest BCUT2D eigenvalue weighted by atomic mass is 9.98. The molecule has 5 nitrogen and oxygen atoms in total. The van der Waals surface area contributed by atoms with E-state index in [9.17, 15) is 9.59 Å². The molecule has 0 saturated carbocycles. The molecule has 1 aromatic rings. The Hall–Kier alpha value is -2.04. The molecule has 0 radical (unpaired) electrons. The Morgan fingerprint density at radius 2 is 1.83 bits per heavy atom. The number of hydrogen-bond donors (Lipinski definition) is 2. The van der Waals surface area contributed by atoms with Gasteiger partial charge in [-0.3, -0.25) is 9.59 Å². The highest BCUT2D eigenvalue weighted by Crippen LogP contribution is 2.19. The van der Waals surface area contributed by atoms with Crippen molar-refractivity contribution in [3.05, 3.63) is 29.8 Å². The molecule has 0 aliphatic carbocycles. The van der Waals surface area contributed by atoms with E-state index < -0.39 is 0 Å². The van der Waals surface area contributed by atoms with Crippen LogP contribution in [0.4, 0.5) is 5.69 Å². The summed E-state index contributed by atoms with van der Waals surface area (Å²) in [4.78, 5) is 26.2. The number of nitrogens with zero attached hydrogens (tertiary/aromatic N) is 1. The van der Waals surface area contributed by atoms with E-state index in [2.05, 4.69) is 17.6 Å². The van der Waals surface area contributed by atoms with E-state index in [1.165, 1.54) is 0 Å². The second kappa shape index (κ2) is 8.71. The van der Waals surface area contributed by atoms with Crippen LogP contribution in [-0.4, -0.2) is 42.4 Å². The van der Waals surface area contributed by atoms with Gasteiger partial charge in [0.05, 0.1) is 6.54 Å². The van der Waals surface area contributed by atoms with Crippen LogP contribution in [0.25, 0.3) is 0 Å². The first-order valence-electron chi connectivity index (χ1n) is 8.92. The molecule has 1 unspecified atom stereocenters. The van der Waals surface area contributed by atoms with Gasteiger partial charge in [-0.15, -0.1) is 0 Å². The number of nitrogens with one attached hydrogen (secondary N) is 2. The number of likely N-dealkylation sites (tertiary alicyclic amines) is 1. The number of piperidine rings is 1. The van der Waals surface area contributed by atoms with Crippen molar-refractivity contribution in [2.75, 3.05) is 25.0 Å². The van der Waals surface area contributed by atoms with Crippen LogP contribution in [0.2, 0.25) is 0 Å². The van der Waals surface area contributed by atoms with Gasteiger partial charge >= 0.3 is 0 Å². The minimum absolute atomic E-state index is 0.0214. The minimum atomic E-state index is -0.0214. The van der Waals surface area contributed by atoms with Gasteiger partial charge in [-0.25, -0.2) is 0 Å². The molecule has 1 atom stereocenters. The first-order chi connectivity index (χ1) is 11.5. The molecule has 2 rings (SSSR count). The molecular formula is C19H29N3O2. The van der Waals surface area contributed by atoms with E-state index in [0.29, 0.717) is 11.5 Å². The summed E-state index contributed by atoms with van der Waals surface area (Å²) in [6.45, 7) is 8.18. The maximum Gasteiger partial charge on any atom is 0.253 e. The Morgan fingerprint density at radius 1 is 1.21 bits per heavy atom. The van der Waals surface area contributed by atoms with Crippen LogP contribution >= 0.6 is 0 Å². The van der Waals surface area contributed by atoms with Crippen molar-refractivity contribution < 1.29 is 9.59 Å². The van der Waals surface area contributed by atoms with Crippen molar-refractivity contribution in [1.82, 2.24) is 10.2 Å². The Labute approximate surface area is 144 Å². The molecule has 0 bridgehead atoms. The summed E-state index contributed by atoms with van der Waals surface area (Å²) in [5.41, 5.74) is 1.55. The molecule has 5 heteroatoms. The van der Waals surface area contributed by atoms with Crippen molar-refractivity contribution >= 4 is 17.5 Å². The van der Waals surface area contributed by atoms with Gasteiger partial charge < -0.3 is 15.5 Å². The number of anilines is 1. The second-order valence-corrected chi connectivity index (χ2v) is 6.78. The fourth-order valence-electron chi connectivity index (χ4n) is 2.74. The molecule has 0 aromatic heterocycles. The summed E-state index contributed by atoms with van der Waals surface area (Å²) >= 11 is 0. The maximum absolute atomic E-state index is 12.5. The highest BCUT2D eigenvalue weighted by Gasteiger charge is 2.21. The van der Waals surface area contributed by atoms with E-state index in [1.807, 2.05) is 43.0 Å². The van der Waals surface area contributed by atoms with Gasteiger partial charge in [0.1, 0.15) is 0 Å². The molecule has 0 spiro atoms. The third-order valence-corrected chi connectivity index (χ3v) is 4.68. The summed E-state index contributed by atoms with van der Waals surface area (Å²) in [5, 5.41) is 6.00. The summed E-state index contributed by atoms with van der Waals surface area (Å²) in [5.74, 6) is 0.789. The van der Waals surface area contributed by atoms with Crippen molar-refractivity contribution in [3.8, 4) is 0 Å². The minimum Gasteiger partial charge on any atom is -0.376 e. The third kappa shape index (κ3) is 5.25. The number of rotatable bonds is 6. The van der Waals surface area contributed by atoms with Crippen LogP contribution in [-0.2, 0) is 4.79 Å². The quantitative estimate of drug-likeness (QED) is 0.842. The third-order valence-electron chi connectivity index (χ3n) is 4.68. The largest absolute Gasteiger partial charge is 0.376 e. The van der Waals surface area contributed by atoms with E-state index in [0.717, 1.165) is 38.0 Å². The topological polar surface area (TPSA) is 61.4 Å². The van der Waals surface area contributed by atoms with Crippen LogP contribution in [0.1, 0.15) is 50.4 Å². The summed E-state index contributed by atoms with van der Waals surface area (Å²) in [6.07, 6.45) is 3.07. The van der Waals surface area contributed by atoms with Gasteiger partial charge in [-0.2, -0.15) is 0 Å². The standard InChI is InChI=1S/C19H29N3O2/c1-4-15(3)21-18(23)13-20-17-7-5-16(6-8-17)19(24)22-11-9-14(2)10-12-22/h5-8,14-15,20H,4,9-13H2,1-3H3,(H,21,23). The molecule has 1 aromatic carbocycles. The van der Waals surface area contributed by atoms with E-state index >= 15 is 0 Å². The lowest BCUT2D eigenvalue weighted by Gasteiger charge is -2.30. The first-order valence-corrected chi connectivity index (χ1v) is 8.92. The molecular weight excluding hydrogens is 302 g/mol. The number of amides is 2. The molecule has 24 heavy (non-hydrogen) atoms. The predicted molar refractivity (Wildman–Crippen MR) is 97.1 cm³/mol. The van der Waals surface area contributed by atoms with Crippen LogP contribution in [0.3, 0.4) is 0 Å². The van der Waals surface area contributed by atoms with Gasteiger partial charge in [0.2, 0.25) is 5.91 Å². The zero-order chi connectivity index (χ0) is 17.5. The predicted octanol–water partition coefficient (Wildman–Crippen LogP) is 2.89. The van der Waals surface area contributed by atoms with Gasteiger partial charge in [0, 0.05) is 30.4 Å². The molecule has 1 aliphatic rings. The summed E-state index contributed by atoms with van der Waals surface area (Å²) < 4.78 is 0. The van der Waals surface area contributed by atoms with Gasteiger partial charge in [-0.1, -0.05) is 13.8 Å². The smallest absolute Gasteiger partial charge is 0.253 e. The zero-order valence-electron chi connectivity index (χ0n) is 15.0. The fourth-order valence-corrected chi connectivity index (χ4v) is 2.74. The van der Waals surface area contributed by atoms with Crippen molar-refractivity contribution in [3.63, 3.8) is 0 Å². The number of benzene rings is 1. The molecule has 132 valence electrons.